The van der Waals surface area contributed by atoms with E-state index in [1.807, 2.05) is 30.3 Å². The molecule has 1 N–H and O–H groups in total. The van der Waals surface area contributed by atoms with Crippen molar-refractivity contribution in [3.05, 3.63) is 101 Å². The number of nitrogens with one attached hydrogen (secondary N) is 1. The Morgan fingerprint density at radius 3 is 2.55 bits per heavy atom. The van der Waals surface area contributed by atoms with Crippen LogP contribution >= 0.6 is 0 Å². The number of fused-ring (bicyclic) bond motifs is 1. The third-order valence-corrected chi connectivity index (χ3v) is 6.17. The second-order valence-electron chi connectivity index (χ2n) is 8.86. The highest BCUT2D eigenvalue weighted by Gasteiger charge is 2.12. The number of rotatable bonds is 10. The van der Waals surface area contributed by atoms with Crippen molar-refractivity contribution in [2.45, 2.75) is 52.5 Å². The largest absolute Gasteiger partial charge is 0.356 e. The molecule has 0 radical (unpaired) electrons. The number of carbonyl (C=O) groups excluding carboxylic acids is 1. The van der Waals surface area contributed by atoms with Gasteiger partial charge in [-0.25, -0.2) is 4.98 Å². The van der Waals surface area contributed by atoms with Crippen molar-refractivity contribution in [1.29, 1.82) is 0 Å². The van der Waals surface area contributed by atoms with Crippen LogP contribution in [0, 0.1) is 13.8 Å². The Hall–Kier alpha value is -3.40. The van der Waals surface area contributed by atoms with E-state index in [0.717, 1.165) is 55.7 Å². The summed E-state index contributed by atoms with van der Waals surface area (Å²) >= 11 is 0. The van der Waals surface area contributed by atoms with Gasteiger partial charge in [-0.1, -0.05) is 72.6 Å². The lowest BCUT2D eigenvalue weighted by Crippen LogP contribution is -2.26. The minimum absolute atomic E-state index is 0.0940. The number of benzene rings is 3. The van der Waals surface area contributed by atoms with Crippen molar-refractivity contribution in [1.82, 2.24) is 14.9 Å². The standard InChI is InChI=1S/C29H33N3O/c1-22-16-17-23(2)25(19-22)21-32-27-14-9-8-13-26(27)31-28(32)15-7-4-10-18-30-29(33)20-24-11-5-3-6-12-24/h3,5-6,8-9,11-14,16-17,19H,4,7,10,15,18,20-21H2,1-2H3,(H,30,33). The summed E-state index contributed by atoms with van der Waals surface area (Å²) in [7, 11) is 0. The van der Waals surface area contributed by atoms with Gasteiger partial charge in [0.15, 0.2) is 0 Å². The lowest BCUT2D eigenvalue weighted by Gasteiger charge is -2.12. The van der Waals surface area contributed by atoms with Crippen LogP contribution in [0.25, 0.3) is 11.0 Å². The van der Waals surface area contributed by atoms with Crippen LogP contribution in [0.15, 0.2) is 72.8 Å². The van der Waals surface area contributed by atoms with Crippen molar-refractivity contribution in [2.75, 3.05) is 6.54 Å². The summed E-state index contributed by atoms with van der Waals surface area (Å²) in [5, 5.41) is 3.05. The van der Waals surface area contributed by atoms with Gasteiger partial charge in [0.1, 0.15) is 5.82 Å². The van der Waals surface area contributed by atoms with Crippen molar-refractivity contribution >= 4 is 16.9 Å². The lowest BCUT2D eigenvalue weighted by atomic mass is 10.1. The highest BCUT2D eigenvalue weighted by atomic mass is 16.1. The maximum absolute atomic E-state index is 12.1. The quantitative estimate of drug-likeness (QED) is 0.319. The fourth-order valence-electron chi connectivity index (χ4n) is 4.29. The van der Waals surface area contributed by atoms with Crippen molar-refractivity contribution in [3.63, 3.8) is 0 Å². The Kier molecular flexibility index (Phi) is 7.56. The first-order valence-electron chi connectivity index (χ1n) is 11.9. The van der Waals surface area contributed by atoms with Crippen LogP contribution in [0.2, 0.25) is 0 Å². The van der Waals surface area contributed by atoms with Gasteiger partial charge in [0, 0.05) is 19.5 Å². The molecule has 1 aromatic heterocycles. The fraction of sp³-hybridized carbons (Fsp3) is 0.310. The molecule has 33 heavy (non-hydrogen) atoms. The van der Waals surface area contributed by atoms with E-state index in [2.05, 4.69) is 66.2 Å². The first-order valence-corrected chi connectivity index (χ1v) is 11.9. The molecule has 0 bridgehead atoms. The molecule has 0 aliphatic carbocycles. The number of hydrogen-bond acceptors (Lipinski definition) is 2. The maximum atomic E-state index is 12.1. The predicted octanol–water partition coefficient (Wildman–Crippen LogP) is 5.77. The Balaban J connectivity index is 1.32. The molecular weight excluding hydrogens is 406 g/mol. The molecule has 3 aromatic carbocycles. The van der Waals surface area contributed by atoms with Crippen molar-refractivity contribution < 1.29 is 4.79 Å². The third-order valence-electron chi connectivity index (χ3n) is 6.17. The Bertz CT molecular complexity index is 1210. The molecule has 0 aliphatic rings. The summed E-state index contributed by atoms with van der Waals surface area (Å²) in [5.41, 5.74) is 7.26. The fourth-order valence-corrected chi connectivity index (χ4v) is 4.29. The van der Waals surface area contributed by atoms with Gasteiger partial charge in [-0.3, -0.25) is 4.79 Å². The monoisotopic (exact) mass is 439 g/mol. The van der Waals surface area contributed by atoms with E-state index in [1.54, 1.807) is 0 Å². The molecule has 4 heteroatoms. The number of imidazole rings is 1. The van der Waals surface area contributed by atoms with Gasteiger partial charge in [0.25, 0.3) is 0 Å². The summed E-state index contributed by atoms with van der Waals surface area (Å²) in [5.74, 6) is 1.24. The number of aryl methyl sites for hydroxylation is 3. The summed E-state index contributed by atoms with van der Waals surface area (Å²) in [6.45, 7) is 5.90. The highest BCUT2D eigenvalue weighted by Crippen LogP contribution is 2.21. The average molecular weight is 440 g/mol. The topological polar surface area (TPSA) is 46.9 Å². The summed E-state index contributed by atoms with van der Waals surface area (Å²) in [6, 6.07) is 25.0. The number of carbonyl (C=O) groups is 1. The third kappa shape index (κ3) is 6.10. The molecule has 0 fully saturated rings. The van der Waals surface area contributed by atoms with Gasteiger partial charge in [-0.15, -0.1) is 0 Å². The second kappa shape index (κ2) is 11.0. The lowest BCUT2D eigenvalue weighted by molar-refractivity contribution is -0.120. The van der Waals surface area contributed by atoms with Gasteiger partial charge in [0.2, 0.25) is 5.91 Å². The molecule has 0 aliphatic heterocycles. The Labute approximate surface area is 196 Å². The van der Waals surface area contributed by atoms with E-state index in [-0.39, 0.29) is 5.91 Å². The number of nitrogens with zero attached hydrogens (tertiary/aromatic N) is 2. The molecular formula is C29H33N3O. The van der Waals surface area contributed by atoms with E-state index in [1.165, 1.54) is 22.2 Å². The summed E-state index contributed by atoms with van der Waals surface area (Å²) < 4.78 is 2.37. The number of aromatic nitrogens is 2. The molecule has 0 spiro atoms. The van der Waals surface area contributed by atoms with Crippen LogP contribution in [-0.4, -0.2) is 22.0 Å². The minimum atomic E-state index is 0.0940. The van der Waals surface area contributed by atoms with E-state index in [9.17, 15) is 4.79 Å². The highest BCUT2D eigenvalue weighted by molar-refractivity contribution is 5.78. The van der Waals surface area contributed by atoms with Gasteiger partial charge in [0.05, 0.1) is 17.5 Å². The molecule has 170 valence electrons. The molecule has 0 unspecified atom stereocenters. The van der Waals surface area contributed by atoms with Crippen LogP contribution in [0.5, 0.6) is 0 Å². The van der Waals surface area contributed by atoms with Crippen molar-refractivity contribution in [3.8, 4) is 0 Å². The SMILES string of the molecule is Cc1ccc(C)c(Cn2c(CCCCCNC(=O)Cc3ccccc3)nc3ccccc32)c1. The van der Waals surface area contributed by atoms with Crippen molar-refractivity contribution in [2.24, 2.45) is 0 Å². The number of para-hydroxylation sites is 2. The van der Waals surface area contributed by atoms with Crippen LogP contribution in [0.1, 0.15) is 47.3 Å². The zero-order valence-corrected chi connectivity index (χ0v) is 19.7. The molecule has 0 saturated heterocycles. The van der Waals surface area contributed by atoms with E-state index in [4.69, 9.17) is 4.98 Å². The minimum Gasteiger partial charge on any atom is -0.356 e. The summed E-state index contributed by atoms with van der Waals surface area (Å²) in [6.07, 6.45) is 4.50. The first kappa shape index (κ1) is 22.8. The van der Waals surface area contributed by atoms with E-state index in [0.29, 0.717) is 6.42 Å². The zero-order chi connectivity index (χ0) is 23.0. The first-order chi connectivity index (χ1) is 16.1. The number of amides is 1. The summed E-state index contributed by atoms with van der Waals surface area (Å²) in [4.78, 5) is 17.1. The molecule has 1 heterocycles. The maximum Gasteiger partial charge on any atom is 0.224 e. The predicted molar refractivity (Wildman–Crippen MR) is 135 cm³/mol. The molecule has 0 atom stereocenters. The van der Waals surface area contributed by atoms with Gasteiger partial charge in [-0.05, 0) is 55.5 Å². The molecule has 4 nitrogen and oxygen atoms in total. The van der Waals surface area contributed by atoms with E-state index < -0.39 is 0 Å². The van der Waals surface area contributed by atoms with Crippen LogP contribution in [0.3, 0.4) is 0 Å². The van der Waals surface area contributed by atoms with Gasteiger partial charge in [-0.2, -0.15) is 0 Å². The second-order valence-corrected chi connectivity index (χ2v) is 8.86. The van der Waals surface area contributed by atoms with Crippen LogP contribution < -0.4 is 5.32 Å². The normalized spacial score (nSPS) is 11.1. The van der Waals surface area contributed by atoms with Gasteiger partial charge < -0.3 is 9.88 Å². The van der Waals surface area contributed by atoms with E-state index >= 15 is 0 Å². The molecule has 4 aromatic rings. The Morgan fingerprint density at radius 2 is 1.70 bits per heavy atom. The molecule has 4 rings (SSSR count). The smallest absolute Gasteiger partial charge is 0.224 e. The number of unbranched alkanes of at least 4 members (excludes halogenated alkanes) is 2. The average Bonchev–Trinajstić information content (AvgIpc) is 3.16. The molecule has 1 amide bonds. The van der Waals surface area contributed by atoms with Crippen LogP contribution in [-0.2, 0) is 24.2 Å². The zero-order valence-electron chi connectivity index (χ0n) is 19.7. The number of hydrogen-bond donors (Lipinski definition) is 1. The molecule has 0 saturated carbocycles. The Morgan fingerprint density at radius 1 is 0.909 bits per heavy atom. The van der Waals surface area contributed by atoms with Gasteiger partial charge >= 0.3 is 0 Å². The van der Waals surface area contributed by atoms with Crippen LogP contribution in [0.4, 0.5) is 0 Å².